The number of aliphatic hydroxyl groups is 1. The van der Waals surface area contributed by atoms with E-state index in [2.05, 4.69) is 4.98 Å². The summed E-state index contributed by atoms with van der Waals surface area (Å²) in [5.41, 5.74) is 4.75. The molecular weight excluding hydrogens is 232 g/mol. The Morgan fingerprint density at radius 1 is 1.61 bits per heavy atom. The van der Waals surface area contributed by atoms with Gasteiger partial charge >= 0.3 is 5.69 Å². The van der Waals surface area contributed by atoms with Gasteiger partial charge in [0.2, 0.25) is 0 Å². The molecule has 0 aliphatic heterocycles. The first kappa shape index (κ1) is 9.16. The van der Waals surface area contributed by atoms with Gasteiger partial charge < -0.3 is 10.8 Å². The van der Waals surface area contributed by atoms with Gasteiger partial charge in [-0.15, -0.1) is 0 Å². The minimum Gasteiger partial charge on any atom is -0.397 e. The number of imidazole rings is 1. The van der Waals surface area contributed by atoms with E-state index in [1.54, 1.807) is 13.8 Å². The maximum atomic E-state index is 12.4. The van der Waals surface area contributed by atoms with Crippen LogP contribution in [0.15, 0.2) is 17.1 Å². The highest BCUT2D eigenvalue weighted by Crippen LogP contribution is 2.15. The van der Waals surface area contributed by atoms with Crippen molar-refractivity contribution in [1.82, 2.24) is 14.1 Å². The van der Waals surface area contributed by atoms with Gasteiger partial charge in [-0.1, -0.05) is 0 Å². The van der Waals surface area contributed by atoms with Gasteiger partial charge in [-0.05, 0) is 26.3 Å². The van der Waals surface area contributed by atoms with Gasteiger partial charge in [-0.2, -0.15) is 0 Å². The summed E-state index contributed by atoms with van der Waals surface area (Å²) in [5.74, 6) is 0. The molecule has 0 spiro atoms. The van der Waals surface area contributed by atoms with Crippen molar-refractivity contribution in [3.8, 4) is 0 Å². The number of hydrogen-bond donors (Lipinski definition) is 2. The molecule has 98 valence electrons. The maximum absolute atomic E-state index is 12.4. The Bertz CT molecular complexity index is 725. The number of aryl methyl sites for hydroxylation is 2. The van der Waals surface area contributed by atoms with E-state index < -0.39 is 18.3 Å². The first-order chi connectivity index (χ1) is 9.50. The number of nitrogens with zero attached hydrogens (tertiary/aromatic N) is 3. The Balaban J connectivity index is 2.67. The summed E-state index contributed by atoms with van der Waals surface area (Å²) in [7, 11) is 0. The highest BCUT2D eigenvalue weighted by atomic mass is 16.3. The third-order valence-electron chi connectivity index (χ3n) is 2.74. The molecule has 0 aliphatic rings. The molecule has 0 aromatic carbocycles. The topological polar surface area (TPSA) is 86.1 Å². The van der Waals surface area contributed by atoms with Gasteiger partial charge in [0.1, 0.15) is 0 Å². The molecule has 0 amide bonds. The molecule has 2 heterocycles. The zero-order chi connectivity index (χ0) is 16.0. The Kier molecular flexibility index (Phi) is 2.10. The van der Waals surface area contributed by atoms with Gasteiger partial charge in [-0.25, -0.2) is 9.78 Å². The fourth-order valence-electron chi connectivity index (χ4n) is 1.75. The largest absolute Gasteiger partial charge is 0.397 e. The number of rotatable bonds is 3. The summed E-state index contributed by atoms with van der Waals surface area (Å²) in [4.78, 5) is 16.3. The Hall–Kier alpha value is -1.82. The second-order valence-electron chi connectivity index (χ2n) is 4.94. The molecule has 2 rings (SSSR count). The molecule has 0 aliphatic carbocycles. The molecule has 0 fully saturated rings. The van der Waals surface area contributed by atoms with Crippen LogP contribution in [0.4, 0.5) is 5.69 Å². The Labute approximate surface area is 109 Å². The van der Waals surface area contributed by atoms with Crippen LogP contribution in [-0.4, -0.2) is 24.8 Å². The predicted molar refractivity (Wildman–Crippen MR) is 70.3 cm³/mol. The number of anilines is 1. The molecular formula is C12H18N4O2. The second-order valence-corrected chi connectivity index (χ2v) is 4.94. The number of hydrogen-bond acceptors (Lipinski definition) is 4. The van der Waals surface area contributed by atoms with Gasteiger partial charge in [0.15, 0.2) is 5.65 Å². The van der Waals surface area contributed by atoms with E-state index in [1.165, 1.54) is 16.8 Å². The fraction of sp³-hybridized carbons (Fsp3) is 0.500. The normalized spacial score (nSPS) is 15.4. The number of nitrogen functional groups attached to an aromatic ring is 1. The highest BCUT2D eigenvalue weighted by Gasteiger charge is 2.16. The standard InChI is InChI=1S/C12H18N4O2/c1-12(2,18)4-5-16-9-6-8(13)7-14-10(9)15(3)11(16)17/h6-7,18H,4-5,13H2,1-3H3/i3D3. The molecule has 0 saturated carbocycles. The van der Waals surface area contributed by atoms with Gasteiger partial charge in [0.25, 0.3) is 0 Å². The molecule has 6 nitrogen and oxygen atoms in total. The average molecular weight is 253 g/mol. The molecule has 2 aromatic rings. The van der Waals surface area contributed by atoms with Crippen molar-refractivity contribution in [2.75, 3.05) is 5.73 Å². The molecule has 6 heteroatoms. The first-order valence-electron chi connectivity index (χ1n) is 7.10. The molecule has 0 saturated heterocycles. The summed E-state index contributed by atoms with van der Waals surface area (Å²) in [6.07, 6.45) is 1.60. The van der Waals surface area contributed by atoms with Crippen LogP contribution in [-0.2, 0) is 13.5 Å². The van der Waals surface area contributed by atoms with E-state index >= 15 is 0 Å². The Morgan fingerprint density at radius 3 is 2.94 bits per heavy atom. The van der Waals surface area contributed by atoms with Gasteiger partial charge in [-0.3, -0.25) is 9.13 Å². The van der Waals surface area contributed by atoms with E-state index in [9.17, 15) is 9.90 Å². The molecule has 0 unspecified atom stereocenters. The van der Waals surface area contributed by atoms with Crippen LogP contribution in [0.25, 0.3) is 11.2 Å². The van der Waals surface area contributed by atoms with Crippen LogP contribution < -0.4 is 11.4 Å². The molecule has 0 bridgehead atoms. The lowest BCUT2D eigenvalue weighted by molar-refractivity contribution is 0.0662. The van der Waals surface area contributed by atoms with Crippen LogP contribution in [0.5, 0.6) is 0 Å². The Morgan fingerprint density at radius 2 is 2.33 bits per heavy atom. The van der Waals surface area contributed by atoms with E-state index in [-0.39, 0.29) is 12.2 Å². The van der Waals surface area contributed by atoms with E-state index in [0.717, 1.165) is 0 Å². The van der Waals surface area contributed by atoms with Crippen molar-refractivity contribution in [1.29, 1.82) is 0 Å². The van der Waals surface area contributed by atoms with Crippen LogP contribution in [0.2, 0.25) is 0 Å². The SMILES string of the molecule is [2H]C([2H])([2H])n1c(=O)n(CCC(C)(C)O)c2cc(N)cnc21. The minimum atomic E-state index is -2.63. The van der Waals surface area contributed by atoms with Crippen molar-refractivity contribution in [2.45, 2.75) is 32.4 Å². The minimum absolute atomic E-state index is 0.0601. The second kappa shape index (κ2) is 4.13. The summed E-state index contributed by atoms with van der Waals surface area (Å²) in [6.45, 7) is 0.784. The molecule has 0 atom stereocenters. The third-order valence-corrected chi connectivity index (χ3v) is 2.74. The monoisotopic (exact) mass is 253 g/mol. The summed E-state index contributed by atoms with van der Waals surface area (Å²) in [5, 5.41) is 9.79. The van der Waals surface area contributed by atoms with Crippen LogP contribution >= 0.6 is 0 Å². The first-order valence-corrected chi connectivity index (χ1v) is 5.60. The van der Waals surface area contributed by atoms with Crippen LogP contribution in [0.3, 0.4) is 0 Å². The molecule has 3 N–H and O–H groups in total. The van der Waals surface area contributed by atoms with E-state index in [0.29, 0.717) is 22.2 Å². The number of nitrogens with two attached hydrogens (primary N) is 1. The third kappa shape index (κ3) is 2.24. The van der Waals surface area contributed by atoms with Gasteiger partial charge in [0, 0.05) is 17.6 Å². The van der Waals surface area contributed by atoms with Crippen molar-refractivity contribution in [3.05, 3.63) is 22.7 Å². The molecule has 0 radical (unpaired) electrons. The maximum Gasteiger partial charge on any atom is 0.330 e. The van der Waals surface area contributed by atoms with E-state index in [4.69, 9.17) is 9.85 Å². The number of aromatic nitrogens is 3. The van der Waals surface area contributed by atoms with Crippen LogP contribution in [0.1, 0.15) is 24.4 Å². The predicted octanol–water partition coefficient (Wildman–Crippen LogP) is 0.478. The zero-order valence-electron chi connectivity index (χ0n) is 13.3. The number of pyridine rings is 1. The fourth-order valence-corrected chi connectivity index (χ4v) is 1.75. The van der Waals surface area contributed by atoms with Crippen LogP contribution in [0, 0.1) is 0 Å². The highest BCUT2D eigenvalue weighted by molar-refractivity contribution is 5.75. The van der Waals surface area contributed by atoms with E-state index in [1.807, 2.05) is 0 Å². The number of fused-ring (bicyclic) bond motifs is 1. The lowest BCUT2D eigenvalue weighted by atomic mass is 10.1. The average Bonchev–Trinajstić information content (AvgIpc) is 2.56. The summed E-state index contributed by atoms with van der Waals surface area (Å²) < 4.78 is 24.4. The zero-order valence-corrected chi connectivity index (χ0v) is 10.3. The summed E-state index contributed by atoms with van der Waals surface area (Å²) >= 11 is 0. The van der Waals surface area contributed by atoms with Crippen molar-refractivity contribution >= 4 is 16.9 Å². The lowest BCUT2D eigenvalue weighted by Crippen LogP contribution is -2.27. The van der Waals surface area contributed by atoms with Crippen molar-refractivity contribution in [3.63, 3.8) is 0 Å². The van der Waals surface area contributed by atoms with Gasteiger partial charge in [0.05, 0.1) is 23.0 Å². The molecule has 2 aromatic heterocycles. The van der Waals surface area contributed by atoms with Crippen molar-refractivity contribution < 1.29 is 9.22 Å². The van der Waals surface area contributed by atoms with Crippen molar-refractivity contribution in [2.24, 2.45) is 6.98 Å². The molecule has 18 heavy (non-hydrogen) atoms. The summed E-state index contributed by atoms with van der Waals surface area (Å²) in [6, 6.07) is 1.51. The lowest BCUT2D eigenvalue weighted by Gasteiger charge is -2.16. The quantitative estimate of drug-likeness (QED) is 0.833. The smallest absolute Gasteiger partial charge is 0.330 e.